The van der Waals surface area contributed by atoms with Crippen molar-refractivity contribution in [1.29, 1.82) is 0 Å². The van der Waals surface area contributed by atoms with Gasteiger partial charge in [-0.3, -0.25) is 4.79 Å². The maximum absolute atomic E-state index is 12.1. The van der Waals surface area contributed by atoms with Crippen molar-refractivity contribution in [2.24, 2.45) is 0 Å². The highest BCUT2D eigenvalue weighted by Crippen LogP contribution is 2.30. The van der Waals surface area contributed by atoms with Crippen LogP contribution in [0.25, 0.3) is 0 Å². The fourth-order valence-corrected chi connectivity index (χ4v) is 2.93. The molecule has 1 aliphatic rings. The number of carboxylic acid groups (broad SMARTS) is 1. The van der Waals surface area contributed by atoms with Gasteiger partial charge in [-0.1, -0.05) is 24.3 Å². The number of hydrogen-bond acceptors (Lipinski definition) is 4. The minimum atomic E-state index is -1.16. The summed E-state index contributed by atoms with van der Waals surface area (Å²) in [6.45, 7) is 0.540. The van der Waals surface area contributed by atoms with Gasteiger partial charge < -0.3 is 10.4 Å². The number of carboxylic acids is 1. The van der Waals surface area contributed by atoms with Crippen molar-refractivity contribution < 1.29 is 14.7 Å². The van der Waals surface area contributed by atoms with Gasteiger partial charge in [-0.2, -0.15) is 0 Å². The van der Waals surface area contributed by atoms with E-state index in [0.717, 1.165) is 25.5 Å². The summed E-state index contributed by atoms with van der Waals surface area (Å²) in [6.07, 6.45) is 5.52. The number of rotatable bonds is 4. The highest BCUT2D eigenvalue weighted by atomic mass is 16.4. The van der Waals surface area contributed by atoms with Gasteiger partial charge >= 0.3 is 5.97 Å². The smallest absolute Gasteiger partial charge is 0.356 e. The Morgan fingerprint density at radius 2 is 1.91 bits per heavy atom. The highest BCUT2D eigenvalue weighted by molar-refractivity contribution is 5.92. The number of nitrogens with one attached hydrogen (secondary N) is 1. The van der Waals surface area contributed by atoms with Crippen LogP contribution in [0.2, 0.25) is 0 Å². The minimum absolute atomic E-state index is 0.124. The average molecular weight is 311 g/mol. The lowest BCUT2D eigenvalue weighted by atomic mass is 9.83. The molecule has 0 saturated carbocycles. The number of carbonyl (C=O) groups is 2. The molecule has 1 aliphatic carbocycles. The van der Waals surface area contributed by atoms with Crippen LogP contribution in [0.4, 0.5) is 0 Å². The zero-order valence-corrected chi connectivity index (χ0v) is 12.5. The monoisotopic (exact) mass is 311 g/mol. The van der Waals surface area contributed by atoms with E-state index in [-0.39, 0.29) is 17.3 Å². The molecule has 3 rings (SSSR count). The summed E-state index contributed by atoms with van der Waals surface area (Å²) in [5, 5.41) is 11.6. The largest absolute Gasteiger partial charge is 0.476 e. The standard InChI is InChI=1S/C17H17N3O3/c21-16(14-9-19-15(10-18-14)17(22)23)20-8-12-6-3-5-11-4-1-2-7-13(11)12/h1-2,4,7,9-10,12H,3,5-6,8H2,(H,20,21)(H,22,23). The van der Waals surface area contributed by atoms with Gasteiger partial charge in [0.1, 0.15) is 5.69 Å². The van der Waals surface area contributed by atoms with Gasteiger partial charge in [0.15, 0.2) is 5.69 Å². The van der Waals surface area contributed by atoms with Crippen molar-refractivity contribution in [3.63, 3.8) is 0 Å². The van der Waals surface area contributed by atoms with Gasteiger partial charge in [0.05, 0.1) is 12.4 Å². The molecule has 6 heteroatoms. The summed E-state index contributed by atoms with van der Waals surface area (Å²) in [7, 11) is 0. The van der Waals surface area contributed by atoms with E-state index in [4.69, 9.17) is 5.11 Å². The number of hydrogen-bond donors (Lipinski definition) is 2. The number of aromatic nitrogens is 2. The molecule has 2 aromatic rings. The van der Waals surface area contributed by atoms with Crippen LogP contribution < -0.4 is 5.32 Å². The molecule has 0 bridgehead atoms. The number of aryl methyl sites for hydroxylation is 1. The fourth-order valence-electron chi connectivity index (χ4n) is 2.93. The zero-order chi connectivity index (χ0) is 16.2. The van der Waals surface area contributed by atoms with E-state index in [1.165, 1.54) is 17.3 Å². The van der Waals surface area contributed by atoms with Crippen molar-refractivity contribution in [3.8, 4) is 0 Å². The van der Waals surface area contributed by atoms with Crippen LogP contribution in [0.1, 0.15) is 50.9 Å². The van der Waals surface area contributed by atoms with E-state index in [2.05, 4.69) is 27.4 Å². The summed E-state index contributed by atoms with van der Waals surface area (Å²) >= 11 is 0. The van der Waals surface area contributed by atoms with Crippen LogP contribution in [-0.4, -0.2) is 33.5 Å². The first-order chi connectivity index (χ1) is 11.1. The van der Waals surface area contributed by atoms with Gasteiger partial charge in [0.2, 0.25) is 0 Å². The van der Waals surface area contributed by atoms with Gasteiger partial charge in [-0.05, 0) is 30.4 Å². The molecule has 0 aliphatic heterocycles. The molecule has 6 nitrogen and oxygen atoms in total. The van der Waals surface area contributed by atoms with Gasteiger partial charge in [-0.15, -0.1) is 0 Å². The molecule has 1 amide bonds. The SMILES string of the molecule is O=C(O)c1cnc(C(=O)NCC2CCCc3ccccc32)cn1. The highest BCUT2D eigenvalue weighted by Gasteiger charge is 2.20. The predicted octanol–water partition coefficient (Wildman–Crippen LogP) is 2.02. The first-order valence-electron chi connectivity index (χ1n) is 7.56. The van der Waals surface area contributed by atoms with E-state index >= 15 is 0 Å². The maximum Gasteiger partial charge on any atom is 0.356 e. The third kappa shape index (κ3) is 3.36. The van der Waals surface area contributed by atoms with Crippen LogP contribution in [0.15, 0.2) is 36.7 Å². The van der Waals surface area contributed by atoms with Gasteiger partial charge in [-0.25, -0.2) is 14.8 Å². The van der Waals surface area contributed by atoms with Crippen molar-refractivity contribution in [1.82, 2.24) is 15.3 Å². The lowest BCUT2D eigenvalue weighted by molar-refractivity contribution is 0.0689. The quantitative estimate of drug-likeness (QED) is 0.901. The number of benzene rings is 1. The number of fused-ring (bicyclic) bond motifs is 1. The molecule has 1 aromatic heterocycles. The molecule has 0 spiro atoms. The molecule has 118 valence electrons. The zero-order valence-electron chi connectivity index (χ0n) is 12.5. The molecule has 1 heterocycles. The fraction of sp³-hybridized carbons (Fsp3) is 0.294. The molecule has 0 radical (unpaired) electrons. The van der Waals surface area contributed by atoms with Crippen LogP contribution in [0.3, 0.4) is 0 Å². The average Bonchev–Trinajstić information content (AvgIpc) is 2.59. The van der Waals surface area contributed by atoms with Crippen molar-refractivity contribution in [3.05, 3.63) is 59.2 Å². The third-order valence-corrected chi connectivity index (χ3v) is 4.11. The Kier molecular flexibility index (Phi) is 4.32. The molecule has 2 N–H and O–H groups in total. The Morgan fingerprint density at radius 1 is 1.17 bits per heavy atom. The summed E-state index contributed by atoms with van der Waals surface area (Å²) in [5.74, 6) is -1.20. The molecular formula is C17H17N3O3. The van der Waals surface area contributed by atoms with Crippen LogP contribution >= 0.6 is 0 Å². The number of amides is 1. The van der Waals surface area contributed by atoms with E-state index in [1.807, 2.05) is 12.1 Å². The number of carbonyl (C=O) groups excluding carboxylic acids is 1. The second-order valence-corrected chi connectivity index (χ2v) is 5.59. The minimum Gasteiger partial charge on any atom is -0.476 e. The molecular weight excluding hydrogens is 294 g/mol. The van der Waals surface area contributed by atoms with Crippen LogP contribution in [0.5, 0.6) is 0 Å². The first kappa shape index (κ1) is 15.1. The Balaban J connectivity index is 1.64. The molecule has 23 heavy (non-hydrogen) atoms. The Bertz CT molecular complexity index is 728. The van der Waals surface area contributed by atoms with E-state index < -0.39 is 5.97 Å². The second-order valence-electron chi connectivity index (χ2n) is 5.59. The second kappa shape index (κ2) is 6.56. The third-order valence-electron chi connectivity index (χ3n) is 4.11. The molecule has 1 atom stereocenters. The predicted molar refractivity (Wildman–Crippen MR) is 83.4 cm³/mol. The lowest BCUT2D eigenvalue weighted by Gasteiger charge is -2.25. The Hall–Kier alpha value is -2.76. The maximum atomic E-state index is 12.1. The van der Waals surface area contributed by atoms with E-state index in [1.54, 1.807) is 0 Å². The van der Waals surface area contributed by atoms with Gasteiger partial charge in [0.25, 0.3) is 5.91 Å². The van der Waals surface area contributed by atoms with Crippen molar-refractivity contribution in [2.75, 3.05) is 6.54 Å². The topological polar surface area (TPSA) is 92.2 Å². The van der Waals surface area contributed by atoms with Crippen molar-refractivity contribution in [2.45, 2.75) is 25.2 Å². The normalized spacial score (nSPS) is 16.4. The Labute approximate surface area is 133 Å². The van der Waals surface area contributed by atoms with E-state index in [0.29, 0.717) is 12.5 Å². The lowest BCUT2D eigenvalue weighted by Crippen LogP contribution is -2.30. The summed E-state index contributed by atoms with van der Waals surface area (Å²) in [4.78, 5) is 30.4. The summed E-state index contributed by atoms with van der Waals surface area (Å²) in [5.41, 5.74) is 2.59. The molecule has 1 unspecified atom stereocenters. The first-order valence-corrected chi connectivity index (χ1v) is 7.56. The Morgan fingerprint density at radius 3 is 2.65 bits per heavy atom. The summed E-state index contributed by atoms with van der Waals surface area (Å²) < 4.78 is 0. The van der Waals surface area contributed by atoms with Crippen LogP contribution in [-0.2, 0) is 6.42 Å². The van der Waals surface area contributed by atoms with Crippen molar-refractivity contribution >= 4 is 11.9 Å². The number of nitrogens with zero attached hydrogens (tertiary/aromatic N) is 2. The number of aromatic carboxylic acids is 1. The van der Waals surface area contributed by atoms with E-state index in [9.17, 15) is 9.59 Å². The summed E-state index contributed by atoms with van der Waals surface area (Å²) in [6, 6.07) is 8.32. The molecule has 0 saturated heterocycles. The van der Waals surface area contributed by atoms with Crippen LogP contribution in [0, 0.1) is 0 Å². The van der Waals surface area contributed by atoms with Gasteiger partial charge in [0, 0.05) is 12.5 Å². The molecule has 0 fully saturated rings. The molecule has 1 aromatic carbocycles.